The van der Waals surface area contributed by atoms with Crippen molar-refractivity contribution in [3.8, 4) is 17.2 Å². The van der Waals surface area contributed by atoms with E-state index in [1.165, 1.54) is 18.2 Å². The third kappa shape index (κ3) is 8.12. The van der Waals surface area contributed by atoms with Gasteiger partial charge in [0.2, 0.25) is 0 Å². The van der Waals surface area contributed by atoms with E-state index in [2.05, 4.69) is 10.1 Å². The Kier molecular flexibility index (Phi) is 9.14. The number of anilines is 1. The van der Waals surface area contributed by atoms with E-state index in [4.69, 9.17) is 25.8 Å². The number of hydrogen-bond acceptors (Lipinski definition) is 6. The molecule has 0 saturated heterocycles. The van der Waals surface area contributed by atoms with Gasteiger partial charge in [0.15, 0.2) is 6.61 Å². The van der Waals surface area contributed by atoms with Gasteiger partial charge in [0.25, 0.3) is 5.91 Å². The SMILES string of the molecule is COc1ccc(OCCCC(=O)OCC(=O)Nc2ccc(OC(F)F)c(Cl)c2)cc1. The summed E-state index contributed by atoms with van der Waals surface area (Å²) in [7, 11) is 1.57. The van der Waals surface area contributed by atoms with E-state index in [1.807, 2.05) is 0 Å². The van der Waals surface area contributed by atoms with Crippen LogP contribution >= 0.6 is 11.6 Å². The highest BCUT2D eigenvalue weighted by Crippen LogP contribution is 2.28. The van der Waals surface area contributed by atoms with Crippen LogP contribution in [0.3, 0.4) is 0 Å². The molecule has 7 nitrogen and oxygen atoms in total. The standard InChI is InChI=1S/C20H20ClF2NO6/c1-27-14-5-7-15(8-6-14)28-10-2-3-19(26)29-12-18(25)24-13-4-9-17(16(21)11-13)30-20(22)23/h4-9,11,20H,2-3,10,12H2,1H3,(H,24,25). The highest BCUT2D eigenvalue weighted by Gasteiger charge is 2.12. The quantitative estimate of drug-likeness (QED) is 0.412. The maximum absolute atomic E-state index is 12.2. The maximum atomic E-state index is 12.2. The minimum Gasteiger partial charge on any atom is -0.497 e. The summed E-state index contributed by atoms with van der Waals surface area (Å²) < 4.78 is 44.0. The first kappa shape index (κ1) is 23.2. The van der Waals surface area contributed by atoms with E-state index in [1.54, 1.807) is 31.4 Å². The lowest BCUT2D eigenvalue weighted by Crippen LogP contribution is -2.21. The number of halogens is 3. The Balaban J connectivity index is 1.65. The van der Waals surface area contributed by atoms with Crippen LogP contribution in [-0.2, 0) is 14.3 Å². The molecule has 30 heavy (non-hydrogen) atoms. The van der Waals surface area contributed by atoms with Crippen LogP contribution < -0.4 is 19.5 Å². The molecule has 0 saturated carbocycles. The van der Waals surface area contributed by atoms with Crippen LogP contribution in [0.25, 0.3) is 0 Å². The highest BCUT2D eigenvalue weighted by molar-refractivity contribution is 6.32. The minimum absolute atomic E-state index is 0.0783. The lowest BCUT2D eigenvalue weighted by atomic mass is 10.3. The molecule has 0 aliphatic carbocycles. The average Bonchev–Trinajstić information content (AvgIpc) is 2.72. The molecule has 0 heterocycles. The van der Waals surface area contributed by atoms with E-state index >= 15 is 0 Å². The van der Waals surface area contributed by atoms with Crippen LogP contribution in [0.4, 0.5) is 14.5 Å². The number of carbonyl (C=O) groups excluding carboxylic acids is 2. The fourth-order valence-corrected chi connectivity index (χ4v) is 2.49. The molecule has 0 aromatic heterocycles. The molecular formula is C20H20ClF2NO6. The number of alkyl halides is 2. The van der Waals surface area contributed by atoms with Crippen LogP contribution in [0.2, 0.25) is 5.02 Å². The normalized spacial score (nSPS) is 10.4. The van der Waals surface area contributed by atoms with Crippen molar-refractivity contribution in [2.75, 3.05) is 25.6 Å². The van der Waals surface area contributed by atoms with E-state index < -0.39 is 25.1 Å². The van der Waals surface area contributed by atoms with E-state index in [9.17, 15) is 18.4 Å². The number of nitrogens with one attached hydrogen (secondary N) is 1. The maximum Gasteiger partial charge on any atom is 0.387 e. The third-order valence-electron chi connectivity index (χ3n) is 3.65. The average molecular weight is 444 g/mol. The van der Waals surface area contributed by atoms with Gasteiger partial charge in [0.1, 0.15) is 17.2 Å². The van der Waals surface area contributed by atoms with Gasteiger partial charge in [-0.25, -0.2) is 0 Å². The second-order valence-electron chi connectivity index (χ2n) is 5.86. The predicted molar refractivity (Wildman–Crippen MR) is 105 cm³/mol. The number of rotatable bonds is 11. The highest BCUT2D eigenvalue weighted by atomic mass is 35.5. The van der Waals surface area contributed by atoms with Crippen molar-refractivity contribution in [2.45, 2.75) is 19.5 Å². The van der Waals surface area contributed by atoms with E-state index in [0.717, 1.165) is 0 Å². The third-order valence-corrected chi connectivity index (χ3v) is 3.94. The lowest BCUT2D eigenvalue weighted by Gasteiger charge is -2.10. The summed E-state index contributed by atoms with van der Waals surface area (Å²) in [4.78, 5) is 23.6. The zero-order chi connectivity index (χ0) is 21.9. The van der Waals surface area contributed by atoms with Crippen molar-refractivity contribution in [3.63, 3.8) is 0 Å². The number of methoxy groups -OCH3 is 1. The number of hydrogen-bond donors (Lipinski definition) is 1. The van der Waals surface area contributed by atoms with Crippen molar-refractivity contribution in [2.24, 2.45) is 0 Å². The first-order valence-corrected chi connectivity index (χ1v) is 9.22. The molecule has 0 unspecified atom stereocenters. The summed E-state index contributed by atoms with van der Waals surface area (Å²) in [6.07, 6.45) is 0.489. The van der Waals surface area contributed by atoms with Gasteiger partial charge in [0, 0.05) is 12.1 Å². The summed E-state index contributed by atoms with van der Waals surface area (Å²) in [6.45, 7) is -3.20. The van der Waals surface area contributed by atoms with Crippen molar-refractivity contribution in [3.05, 3.63) is 47.5 Å². The van der Waals surface area contributed by atoms with Crippen molar-refractivity contribution in [1.82, 2.24) is 0 Å². The number of carbonyl (C=O) groups is 2. The molecule has 0 fully saturated rings. The Hall–Kier alpha value is -3.07. The monoisotopic (exact) mass is 443 g/mol. The van der Waals surface area contributed by atoms with Gasteiger partial charge in [-0.1, -0.05) is 11.6 Å². The summed E-state index contributed by atoms with van der Waals surface area (Å²) in [6, 6.07) is 10.8. The fourth-order valence-electron chi connectivity index (χ4n) is 2.26. The zero-order valence-electron chi connectivity index (χ0n) is 16.0. The van der Waals surface area contributed by atoms with E-state index in [0.29, 0.717) is 24.5 Å². The van der Waals surface area contributed by atoms with Crippen molar-refractivity contribution >= 4 is 29.2 Å². The molecular weight excluding hydrogens is 424 g/mol. The van der Waals surface area contributed by atoms with Crippen LogP contribution in [-0.4, -0.2) is 38.8 Å². The molecule has 2 aromatic carbocycles. The van der Waals surface area contributed by atoms with Gasteiger partial charge < -0.3 is 24.3 Å². The Labute approximate surface area is 176 Å². The molecule has 2 aromatic rings. The Morgan fingerprint density at radius 1 is 1.10 bits per heavy atom. The van der Waals surface area contributed by atoms with Gasteiger partial charge in [-0.15, -0.1) is 0 Å². The molecule has 0 aliphatic heterocycles. The molecule has 10 heteroatoms. The van der Waals surface area contributed by atoms with Crippen LogP contribution in [0.1, 0.15) is 12.8 Å². The Morgan fingerprint density at radius 2 is 1.80 bits per heavy atom. The minimum atomic E-state index is -3.01. The van der Waals surface area contributed by atoms with Crippen LogP contribution in [0, 0.1) is 0 Å². The topological polar surface area (TPSA) is 83.1 Å². The Morgan fingerprint density at radius 3 is 2.43 bits per heavy atom. The first-order chi connectivity index (χ1) is 14.4. The summed E-state index contributed by atoms with van der Waals surface area (Å²) in [5.74, 6) is -0.0114. The van der Waals surface area contributed by atoms with Crippen molar-refractivity contribution < 1.29 is 37.3 Å². The van der Waals surface area contributed by atoms with Crippen LogP contribution in [0.5, 0.6) is 17.2 Å². The predicted octanol–water partition coefficient (Wildman–Crippen LogP) is 4.29. The second-order valence-corrected chi connectivity index (χ2v) is 6.27. The van der Waals surface area contributed by atoms with Gasteiger partial charge >= 0.3 is 12.6 Å². The summed E-state index contributed by atoms with van der Waals surface area (Å²) >= 11 is 5.80. The molecule has 0 atom stereocenters. The Bertz CT molecular complexity index is 848. The van der Waals surface area contributed by atoms with E-state index in [-0.39, 0.29) is 22.9 Å². The zero-order valence-corrected chi connectivity index (χ0v) is 16.8. The van der Waals surface area contributed by atoms with Gasteiger partial charge in [-0.3, -0.25) is 9.59 Å². The first-order valence-electron chi connectivity index (χ1n) is 8.84. The van der Waals surface area contributed by atoms with Gasteiger partial charge in [-0.2, -0.15) is 8.78 Å². The molecule has 1 amide bonds. The summed E-state index contributed by atoms with van der Waals surface area (Å²) in [5, 5.41) is 2.34. The van der Waals surface area contributed by atoms with Crippen LogP contribution in [0.15, 0.2) is 42.5 Å². The molecule has 0 radical (unpaired) electrons. The molecule has 1 N–H and O–H groups in total. The van der Waals surface area contributed by atoms with Gasteiger partial charge in [0.05, 0.1) is 18.7 Å². The molecule has 2 rings (SSSR count). The molecule has 0 bridgehead atoms. The number of amides is 1. The van der Waals surface area contributed by atoms with Crippen molar-refractivity contribution in [1.29, 1.82) is 0 Å². The summed E-state index contributed by atoms with van der Waals surface area (Å²) in [5.41, 5.74) is 0.246. The molecule has 0 aliphatic rings. The number of benzene rings is 2. The fraction of sp³-hybridized carbons (Fsp3) is 0.300. The number of ether oxygens (including phenoxy) is 4. The van der Waals surface area contributed by atoms with Gasteiger partial charge in [-0.05, 0) is 48.9 Å². The molecule has 0 spiro atoms. The molecule has 162 valence electrons. The lowest BCUT2D eigenvalue weighted by molar-refractivity contribution is -0.147. The second kappa shape index (κ2) is 11.8. The smallest absolute Gasteiger partial charge is 0.387 e. The largest absolute Gasteiger partial charge is 0.497 e. The number of esters is 1.